The van der Waals surface area contributed by atoms with Crippen LogP contribution in [0.3, 0.4) is 0 Å². The van der Waals surface area contributed by atoms with E-state index in [0.717, 1.165) is 11.1 Å². The second-order valence-electron chi connectivity index (χ2n) is 6.65. The van der Waals surface area contributed by atoms with Crippen molar-refractivity contribution in [3.8, 4) is 0 Å². The molecule has 0 spiro atoms. The number of aryl methyl sites for hydroxylation is 2. The first-order valence-electron chi connectivity index (χ1n) is 8.73. The van der Waals surface area contributed by atoms with Gasteiger partial charge in [-0.2, -0.15) is 0 Å². The van der Waals surface area contributed by atoms with Crippen molar-refractivity contribution in [3.05, 3.63) is 85.8 Å². The summed E-state index contributed by atoms with van der Waals surface area (Å²) < 4.78 is 29.1. The predicted molar refractivity (Wildman–Crippen MR) is 125 cm³/mol. The minimum atomic E-state index is -4.01. The van der Waals surface area contributed by atoms with Crippen molar-refractivity contribution < 1.29 is 13.2 Å². The van der Waals surface area contributed by atoms with E-state index in [2.05, 4.69) is 26.0 Å². The third-order valence-electron chi connectivity index (χ3n) is 4.29. The molecule has 156 valence electrons. The summed E-state index contributed by atoms with van der Waals surface area (Å²) in [6, 6.07) is 14.4. The maximum absolute atomic E-state index is 12.9. The Morgan fingerprint density at radius 3 is 2.33 bits per heavy atom. The summed E-state index contributed by atoms with van der Waals surface area (Å²) in [5.74, 6) is -0.493. The molecule has 0 saturated heterocycles. The van der Waals surface area contributed by atoms with E-state index in [1.54, 1.807) is 37.3 Å². The number of benzene rings is 3. The highest BCUT2D eigenvalue weighted by atomic mass is 79.9. The molecule has 3 aromatic rings. The largest absolute Gasteiger partial charge is 0.322 e. The van der Waals surface area contributed by atoms with E-state index in [9.17, 15) is 13.2 Å². The van der Waals surface area contributed by atoms with Crippen LogP contribution in [-0.4, -0.2) is 14.3 Å². The fraction of sp³-hybridized carbons (Fsp3) is 0.0952. The number of sulfonamides is 1. The van der Waals surface area contributed by atoms with Gasteiger partial charge < -0.3 is 5.32 Å². The van der Waals surface area contributed by atoms with Crippen LogP contribution in [0.4, 0.5) is 11.4 Å². The molecule has 0 fully saturated rings. The van der Waals surface area contributed by atoms with Crippen molar-refractivity contribution in [2.45, 2.75) is 18.7 Å². The predicted octanol–water partition coefficient (Wildman–Crippen LogP) is 6.43. The number of hydrogen-bond acceptors (Lipinski definition) is 3. The fourth-order valence-electron chi connectivity index (χ4n) is 2.76. The highest BCUT2D eigenvalue weighted by Gasteiger charge is 2.21. The molecular formula is C21H17BrCl2N2O3S. The van der Waals surface area contributed by atoms with Gasteiger partial charge in [-0.15, -0.1) is 0 Å². The Kier molecular flexibility index (Phi) is 6.77. The average Bonchev–Trinajstić information content (AvgIpc) is 2.67. The lowest BCUT2D eigenvalue weighted by atomic mass is 10.1. The minimum Gasteiger partial charge on any atom is -0.322 e. The molecule has 0 saturated carbocycles. The van der Waals surface area contributed by atoms with Crippen molar-refractivity contribution in [1.82, 2.24) is 0 Å². The summed E-state index contributed by atoms with van der Waals surface area (Å²) in [5.41, 5.74) is 2.84. The molecule has 0 aliphatic heterocycles. The first-order chi connectivity index (χ1) is 14.1. The minimum absolute atomic E-state index is 0.00972. The van der Waals surface area contributed by atoms with Crippen LogP contribution in [0.15, 0.2) is 64.0 Å². The standard InChI is InChI=1S/C21H17BrCl2N2O3S/c1-12-3-8-19(13(2)9-12)26-30(28,29)20-10-14(4-7-17(20)23)21(27)25-15-5-6-16(22)18(24)11-15/h3-11,26H,1-2H3,(H,25,27). The van der Waals surface area contributed by atoms with Gasteiger partial charge in [-0.25, -0.2) is 8.42 Å². The van der Waals surface area contributed by atoms with E-state index in [1.807, 2.05) is 13.0 Å². The van der Waals surface area contributed by atoms with Crippen molar-refractivity contribution in [2.75, 3.05) is 10.0 Å². The maximum atomic E-state index is 12.9. The summed E-state index contributed by atoms with van der Waals surface area (Å²) in [6.07, 6.45) is 0. The van der Waals surface area contributed by atoms with Crippen LogP contribution in [0.1, 0.15) is 21.5 Å². The summed E-state index contributed by atoms with van der Waals surface area (Å²) in [4.78, 5) is 12.4. The molecule has 0 aliphatic rings. The SMILES string of the molecule is Cc1ccc(NS(=O)(=O)c2cc(C(=O)Nc3ccc(Br)c(Cl)c3)ccc2Cl)c(C)c1. The number of halogens is 3. The number of rotatable bonds is 5. The topological polar surface area (TPSA) is 75.3 Å². The second kappa shape index (κ2) is 8.98. The van der Waals surface area contributed by atoms with Gasteiger partial charge in [0.05, 0.1) is 15.7 Å². The highest BCUT2D eigenvalue weighted by Crippen LogP contribution is 2.28. The molecule has 0 atom stereocenters. The van der Waals surface area contributed by atoms with Gasteiger partial charge in [0.25, 0.3) is 15.9 Å². The first-order valence-corrected chi connectivity index (χ1v) is 11.8. The van der Waals surface area contributed by atoms with Gasteiger partial charge in [-0.3, -0.25) is 9.52 Å². The van der Waals surface area contributed by atoms with E-state index in [0.29, 0.717) is 20.9 Å². The molecule has 30 heavy (non-hydrogen) atoms. The smallest absolute Gasteiger partial charge is 0.263 e. The quantitative estimate of drug-likeness (QED) is 0.401. The molecule has 0 aliphatic carbocycles. The van der Waals surface area contributed by atoms with Crippen LogP contribution in [-0.2, 0) is 10.0 Å². The van der Waals surface area contributed by atoms with E-state index in [4.69, 9.17) is 23.2 Å². The summed E-state index contributed by atoms with van der Waals surface area (Å²) in [7, 11) is -4.01. The Morgan fingerprint density at radius 1 is 0.933 bits per heavy atom. The van der Waals surface area contributed by atoms with Gasteiger partial charge >= 0.3 is 0 Å². The van der Waals surface area contributed by atoms with Crippen molar-refractivity contribution in [2.24, 2.45) is 0 Å². The zero-order valence-electron chi connectivity index (χ0n) is 16.0. The molecule has 1 amide bonds. The number of amides is 1. The van der Waals surface area contributed by atoms with Crippen molar-refractivity contribution >= 4 is 66.4 Å². The second-order valence-corrected chi connectivity index (χ2v) is 9.97. The maximum Gasteiger partial charge on any atom is 0.263 e. The lowest BCUT2D eigenvalue weighted by Gasteiger charge is -2.13. The molecule has 0 bridgehead atoms. The Hall–Kier alpha value is -2.06. The van der Waals surface area contributed by atoms with Crippen LogP contribution in [0.5, 0.6) is 0 Å². The van der Waals surface area contributed by atoms with E-state index < -0.39 is 15.9 Å². The van der Waals surface area contributed by atoms with Gasteiger partial charge in [0.15, 0.2) is 0 Å². The van der Waals surface area contributed by atoms with Crippen LogP contribution in [0, 0.1) is 13.8 Å². The third kappa shape index (κ3) is 5.16. The van der Waals surface area contributed by atoms with Gasteiger partial charge in [0, 0.05) is 15.7 Å². The Balaban J connectivity index is 1.89. The summed E-state index contributed by atoms with van der Waals surface area (Å²) in [6.45, 7) is 3.72. The fourth-order valence-corrected chi connectivity index (χ4v) is 4.84. The first kappa shape index (κ1) is 22.6. The Labute approximate surface area is 193 Å². The molecule has 3 rings (SSSR count). The monoisotopic (exact) mass is 526 g/mol. The van der Waals surface area contributed by atoms with Crippen LogP contribution >= 0.6 is 39.1 Å². The van der Waals surface area contributed by atoms with Gasteiger partial charge in [0.1, 0.15) is 4.90 Å². The number of carbonyl (C=O) groups excluding carboxylic acids is 1. The zero-order chi connectivity index (χ0) is 22.1. The van der Waals surface area contributed by atoms with Crippen molar-refractivity contribution in [1.29, 1.82) is 0 Å². The molecule has 9 heteroatoms. The number of hydrogen-bond donors (Lipinski definition) is 2. The molecule has 0 aromatic heterocycles. The number of carbonyl (C=O) groups is 1. The van der Waals surface area contributed by atoms with Crippen LogP contribution < -0.4 is 10.0 Å². The van der Waals surface area contributed by atoms with E-state index in [-0.39, 0.29) is 15.5 Å². The molecule has 2 N–H and O–H groups in total. The molecule has 0 radical (unpaired) electrons. The number of anilines is 2. The van der Waals surface area contributed by atoms with Crippen LogP contribution in [0.25, 0.3) is 0 Å². The molecule has 0 unspecified atom stereocenters. The molecule has 3 aromatic carbocycles. The normalized spacial score (nSPS) is 11.2. The van der Waals surface area contributed by atoms with Crippen LogP contribution in [0.2, 0.25) is 10.0 Å². The lowest BCUT2D eigenvalue weighted by molar-refractivity contribution is 0.102. The average molecular weight is 528 g/mol. The zero-order valence-corrected chi connectivity index (χ0v) is 19.9. The van der Waals surface area contributed by atoms with E-state index in [1.165, 1.54) is 18.2 Å². The number of nitrogens with one attached hydrogen (secondary N) is 2. The summed E-state index contributed by atoms with van der Waals surface area (Å²) >= 11 is 15.5. The molecule has 0 heterocycles. The van der Waals surface area contributed by atoms with E-state index >= 15 is 0 Å². The molecule has 5 nitrogen and oxygen atoms in total. The van der Waals surface area contributed by atoms with Crippen molar-refractivity contribution in [3.63, 3.8) is 0 Å². The third-order valence-corrected chi connectivity index (χ3v) is 7.37. The summed E-state index contributed by atoms with van der Waals surface area (Å²) in [5, 5.41) is 3.13. The Bertz CT molecular complexity index is 1250. The highest BCUT2D eigenvalue weighted by molar-refractivity contribution is 9.10. The molecular weight excluding hydrogens is 511 g/mol. The Morgan fingerprint density at radius 2 is 1.67 bits per heavy atom. The van der Waals surface area contributed by atoms with Gasteiger partial charge in [-0.1, -0.05) is 40.9 Å². The van der Waals surface area contributed by atoms with Gasteiger partial charge in [-0.05, 0) is 77.8 Å². The lowest BCUT2D eigenvalue weighted by Crippen LogP contribution is -2.17. The van der Waals surface area contributed by atoms with Gasteiger partial charge in [0.2, 0.25) is 0 Å².